The number of pyridine rings is 1. The van der Waals surface area contributed by atoms with Gasteiger partial charge in [-0.05, 0) is 131 Å². The van der Waals surface area contributed by atoms with Crippen LogP contribution in [0.3, 0.4) is 0 Å². The summed E-state index contributed by atoms with van der Waals surface area (Å²) in [5.41, 5.74) is 10.8. The van der Waals surface area contributed by atoms with Gasteiger partial charge < -0.3 is 20.2 Å². The van der Waals surface area contributed by atoms with Crippen LogP contribution in [0.2, 0.25) is 0 Å². The first-order valence-corrected chi connectivity index (χ1v) is 16.7. The summed E-state index contributed by atoms with van der Waals surface area (Å²) >= 11 is 0. The highest BCUT2D eigenvalue weighted by Gasteiger charge is 2.42. The number of rotatable bonds is 9. The normalized spacial score (nSPS) is 19.1. The van der Waals surface area contributed by atoms with Crippen LogP contribution in [-0.2, 0) is 16.6 Å². The molecule has 1 amide bonds. The van der Waals surface area contributed by atoms with Crippen LogP contribution in [0, 0.1) is 19.8 Å². The Morgan fingerprint density at radius 1 is 1.02 bits per heavy atom. The third kappa shape index (κ3) is 5.67. The molecule has 2 bridgehead atoms. The van der Waals surface area contributed by atoms with E-state index in [1.165, 1.54) is 51.7 Å². The number of amides is 1. The monoisotopic (exact) mass is 602 g/mol. The number of piperidine rings is 2. The van der Waals surface area contributed by atoms with Crippen molar-refractivity contribution < 1.29 is 4.79 Å². The molecule has 8 rings (SSSR count). The van der Waals surface area contributed by atoms with Crippen LogP contribution in [0.15, 0.2) is 55.0 Å². The van der Waals surface area contributed by atoms with Gasteiger partial charge in [0.05, 0.1) is 23.0 Å². The predicted octanol–water partition coefficient (Wildman–Crippen LogP) is 7.34. The number of imidazole rings is 1. The molecule has 1 atom stereocenters. The van der Waals surface area contributed by atoms with Crippen molar-refractivity contribution in [3.8, 4) is 11.3 Å². The maximum Gasteiger partial charge on any atom is 0.232 e. The number of H-pyrrole nitrogens is 2. The van der Waals surface area contributed by atoms with Crippen LogP contribution < -0.4 is 5.32 Å². The van der Waals surface area contributed by atoms with E-state index in [-0.39, 0.29) is 11.8 Å². The quantitative estimate of drug-likeness (QED) is 0.154. The number of benzene rings is 2. The molecule has 0 unspecified atom stereocenters. The number of fused-ring (bicyclic) bond motifs is 5. The summed E-state index contributed by atoms with van der Waals surface area (Å²) in [6.07, 6.45) is 9.37. The highest BCUT2D eigenvalue weighted by atomic mass is 16.2. The molecule has 3 N–H and O–H groups in total. The smallest absolute Gasteiger partial charge is 0.232 e. The standard InChI is InChI=1S/C38H46N6O/c1-23-14-24(2)16-28(15-23)35-34(25(3)19-39-13-12-27-17-33-36(40-20-27)42-22-41-33)31-18-29(8-11-32(31)43-35)38(4,5)37(45)44-21-26-6-9-30(44)10-7-26/h8,11,14-18,20,22,25-26,30,39,43H,6-7,9-10,12-13,19,21H2,1-5H3,(H,40,41,42)/t25-,26?,30?/m1/s1. The average molecular weight is 603 g/mol. The van der Waals surface area contributed by atoms with E-state index in [1.54, 1.807) is 6.33 Å². The Hall–Kier alpha value is -3.97. The summed E-state index contributed by atoms with van der Waals surface area (Å²) < 4.78 is 0. The molecule has 2 saturated heterocycles. The third-order valence-electron chi connectivity index (χ3n) is 10.4. The molecule has 7 nitrogen and oxygen atoms in total. The molecule has 3 aliphatic rings. The fraction of sp³-hybridized carbons (Fsp3) is 0.447. The molecule has 5 heterocycles. The Bertz CT molecular complexity index is 1840. The minimum atomic E-state index is -0.592. The fourth-order valence-electron chi connectivity index (χ4n) is 7.92. The van der Waals surface area contributed by atoms with Gasteiger partial charge in [-0.1, -0.05) is 30.2 Å². The van der Waals surface area contributed by atoms with E-state index < -0.39 is 5.41 Å². The topological polar surface area (TPSA) is 89.7 Å². The number of nitrogens with zero attached hydrogens (tertiary/aromatic N) is 3. The molecule has 7 heteroatoms. The van der Waals surface area contributed by atoms with Gasteiger partial charge in [-0.2, -0.15) is 0 Å². The zero-order chi connectivity index (χ0) is 31.3. The Balaban J connectivity index is 1.18. The fourth-order valence-corrected chi connectivity index (χ4v) is 7.92. The number of aromatic amines is 2. The van der Waals surface area contributed by atoms with Crippen LogP contribution in [0.1, 0.15) is 80.2 Å². The Morgan fingerprint density at radius 3 is 2.53 bits per heavy atom. The number of carbonyl (C=O) groups excluding carboxylic acids is 1. The minimum absolute atomic E-state index is 0.245. The van der Waals surface area contributed by atoms with E-state index in [0.29, 0.717) is 12.0 Å². The van der Waals surface area contributed by atoms with Crippen molar-refractivity contribution in [2.24, 2.45) is 5.92 Å². The first-order chi connectivity index (χ1) is 21.7. The highest BCUT2D eigenvalue weighted by Crippen LogP contribution is 2.41. The summed E-state index contributed by atoms with van der Waals surface area (Å²) in [5.74, 6) is 1.20. The van der Waals surface area contributed by atoms with Crippen LogP contribution in [0.4, 0.5) is 0 Å². The van der Waals surface area contributed by atoms with Gasteiger partial charge in [0.1, 0.15) is 0 Å². The van der Waals surface area contributed by atoms with Crippen molar-refractivity contribution in [3.05, 3.63) is 82.8 Å². The second kappa shape index (κ2) is 11.8. The van der Waals surface area contributed by atoms with E-state index in [2.05, 4.69) is 107 Å². The van der Waals surface area contributed by atoms with Gasteiger partial charge in [0.15, 0.2) is 5.65 Å². The summed E-state index contributed by atoms with van der Waals surface area (Å²) in [4.78, 5) is 32.0. The van der Waals surface area contributed by atoms with Crippen molar-refractivity contribution in [2.45, 2.75) is 84.1 Å². The van der Waals surface area contributed by atoms with Crippen molar-refractivity contribution in [3.63, 3.8) is 0 Å². The van der Waals surface area contributed by atoms with Gasteiger partial charge in [0.25, 0.3) is 0 Å². The zero-order valence-corrected chi connectivity index (χ0v) is 27.3. The molecular weight excluding hydrogens is 556 g/mol. The molecule has 45 heavy (non-hydrogen) atoms. The Kier molecular flexibility index (Phi) is 7.76. The number of nitrogens with one attached hydrogen (secondary N) is 3. The lowest BCUT2D eigenvalue weighted by Crippen LogP contribution is -2.55. The van der Waals surface area contributed by atoms with Gasteiger partial charge in [-0.25, -0.2) is 9.97 Å². The SMILES string of the molecule is Cc1cc(C)cc(-c2[nH]c3ccc(C(C)(C)C(=O)N4CC5CCC4CC5)cc3c2[C@H](C)CNCCc2cnc3nc[nH]c3c2)c1. The van der Waals surface area contributed by atoms with E-state index >= 15 is 0 Å². The third-order valence-corrected chi connectivity index (χ3v) is 10.4. The van der Waals surface area contributed by atoms with Crippen LogP contribution in [0.5, 0.6) is 0 Å². The van der Waals surface area contributed by atoms with E-state index in [4.69, 9.17) is 0 Å². The van der Waals surface area contributed by atoms with Gasteiger partial charge in [-0.3, -0.25) is 4.79 Å². The molecule has 0 radical (unpaired) electrons. The number of hydrogen-bond donors (Lipinski definition) is 3. The van der Waals surface area contributed by atoms with Crippen molar-refractivity contribution in [1.82, 2.24) is 30.2 Å². The van der Waals surface area contributed by atoms with Crippen LogP contribution in [0.25, 0.3) is 33.3 Å². The van der Waals surface area contributed by atoms with Crippen LogP contribution >= 0.6 is 0 Å². The Labute approximate surface area is 266 Å². The van der Waals surface area contributed by atoms with Gasteiger partial charge in [0.2, 0.25) is 5.91 Å². The molecule has 5 aromatic rings. The van der Waals surface area contributed by atoms with Crippen LogP contribution in [-0.4, -0.2) is 56.4 Å². The summed E-state index contributed by atoms with van der Waals surface area (Å²) in [7, 11) is 0. The number of hydrogen-bond acceptors (Lipinski definition) is 4. The van der Waals surface area contributed by atoms with Gasteiger partial charge in [0, 0.05) is 36.2 Å². The predicted molar refractivity (Wildman–Crippen MR) is 183 cm³/mol. The first kappa shape index (κ1) is 29.7. The molecule has 2 aliphatic heterocycles. The molecule has 1 aliphatic carbocycles. The molecule has 234 valence electrons. The summed E-state index contributed by atoms with van der Waals surface area (Å²) in [6.45, 7) is 13.5. The zero-order valence-electron chi connectivity index (χ0n) is 27.3. The summed E-state index contributed by atoms with van der Waals surface area (Å²) in [6, 6.07) is 16.0. The van der Waals surface area contributed by atoms with Gasteiger partial charge >= 0.3 is 0 Å². The molecule has 3 fully saturated rings. The number of aromatic nitrogens is 4. The summed E-state index contributed by atoms with van der Waals surface area (Å²) in [5, 5.41) is 4.94. The minimum Gasteiger partial charge on any atom is -0.354 e. The highest BCUT2D eigenvalue weighted by molar-refractivity contribution is 5.94. The van der Waals surface area contributed by atoms with Gasteiger partial charge in [-0.15, -0.1) is 0 Å². The largest absolute Gasteiger partial charge is 0.354 e. The maximum absolute atomic E-state index is 14.1. The second-order valence-corrected chi connectivity index (χ2v) is 14.3. The lowest BCUT2D eigenvalue weighted by molar-refractivity contribution is -0.144. The molecule has 0 spiro atoms. The maximum atomic E-state index is 14.1. The van der Waals surface area contributed by atoms with Crippen molar-refractivity contribution in [1.29, 1.82) is 0 Å². The molecular formula is C38H46N6O. The lowest BCUT2D eigenvalue weighted by atomic mass is 9.76. The van der Waals surface area contributed by atoms with E-state index in [1.807, 2.05) is 6.20 Å². The van der Waals surface area contributed by atoms with E-state index in [9.17, 15) is 4.79 Å². The molecule has 1 saturated carbocycles. The average Bonchev–Trinajstić information content (AvgIpc) is 3.67. The second-order valence-electron chi connectivity index (χ2n) is 14.3. The number of carbonyl (C=O) groups is 1. The molecule has 2 aromatic carbocycles. The Morgan fingerprint density at radius 2 is 1.80 bits per heavy atom. The first-order valence-electron chi connectivity index (χ1n) is 16.7. The lowest BCUT2D eigenvalue weighted by Gasteiger charge is -2.47. The molecule has 3 aromatic heterocycles. The van der Waals surface area contributed by atoms with Crippen molar-refractivity contribution >= 4 is 28.0 Å². The van der Waals surface area contributed by atoms with E-state index in [0.717, 1.165) is 61.1 Å². The van der Waals surface area contributed by atoms with Crippen molar-refractivity contribution in [2.75, 3.05) is 19.6 Å². The number of aryl methyl sites for hydroxylation is 2.